The molecule has 17 heavy (non-hydrogen) atoms. The van der Waals surface area contributed by atoms with Gasteiger partial charge in [-0.3, -0.25) is 0 Å². The van der Waals surface area contributed by atoms with Gasteiger partial charge in [0.05, 0.1) is 0 Å². The van der Waals surface area contributed by atoms with Crippen molar-refractivity contribution in [3.8, 4) is 0 Å². The summed E-state index contributed by atoms with van der Waals surface area (Å²) >= 11 is 1.79. The lowest BCUT2D eigenvalue weighted by Gasteiger charge is -2.14. The van der Waals surface area contributed by atoms with Gasteiger partial charge >= 0.3 is 0 Å². The van der Waals surface area contributed by atoms with Crippen molar-refractivity contribution in [1.29, 1.82) is 0 Å². The van der Waals surface area contributed by atoms with Crippen LogP contribution >= 0.6 is 11.3 Å². The molecule has 2 rings (SSSR count). The maximum atomic E-state index is 5.07. The fourth-order valence-electron chi connectivity index (χ4n) is 1.73. The fraction of sp³-hybridized carbons (Fsp3) is 0.500. The normalized spacial score (nSPS) is 12.8. The molecule has 0 aliphatic rings. The second kappa shape index (κ2) is 5.93. The van der Waals surface area contributed by atoms with E-state index in [1.807, 2.05) is 6.92 Å². The van der Waals surface area contributed by atoms with Crippen molar-refractivity contribution in [2.24, 2.45) is 0 Å². The first-order chi connectivity index (χ1) is 8.29. The number of hydrogen-bond acceptors (Lipinski definition) is 5. The van der Waals surface area contributed by atoms with Crippen molar-refractivity contribution >= 4 is 11.3 Å². The Hall–Kier alpha value is -1.20. The average molecular weight is 251 g/mol. The zero-order valence-electron chi connectivity index (χ0n) is 10.1. The van der Waals surface area contributed by atoms with E-state index in [1.165, 1.54) is 4.88 Å². The molecule has 1 atom stereocenters. The number of nitrogens with one attached hydrogen (secondary N) is 1. The van der Waals surface area contributed by atoms with Gasteiger partial charge in [0, 0.05) is 23.9 Å². The topological polar surface area (TPSA) is 51.0 Å². The van der Waals surface area contributed by atoms with E-state index in [9.17, 15) is 0 Å². The molecule has 0 bridgehead atoms. The lowest BCUT2D eigenvalue weighted by molar-refractivity contribution is 0.369. The number of hydrogen-bond donors (Lipinski definition) is 1. The molecule has 0 saturated heterocycles. The summed E-state index contributed by atoms with van der Waals surface area (Å²) in [5, 5.41) is 9.40. The Bertz CT molecular complexity index is 438. The highest BCUT2D eigenvalue weighted by Gasteiger charge is 2.10. The van der Waals surface area contributed by atoms with Gasteiger partial charge in [0.25, 0.3) is 0 Å². The summed E-state index contributed by atoms with van der Waals surface area (Å²) in [5.74, 6) is 1.40. The Kier molecular flexibility index (Phi) is 4.28. The van der Waals surface area contributed by atoms with Crippen LogP contribution in [0.25, 0.3) is 0 Å². The zero-order chi connectivity index (χ0) is 12.1. The Labute approximate surface area is 105 Å². The van der Waals surface area contributed by atoms with Gasteiger partial charge in [0.1, 0.15) is 0 Å². The third-order valence-corrected chi connectivity index (χ3v) is 3.58. The molecular formula is C12H17N3OS. The largest absolute Gasteiger partial charge is 0.339 e. The first-order valence-corrected chi connectivity index (χ1v) is 6.73. The van der Waals surface area contributed by atoms with Crippen LogP contribution in [0, 0.1) is 6.92 Å². The van der Waals surface area contributed by atoms with Crippen LogP contribution in [-0.2, 0) is 6.42 Å². The number of rotatable bonds is 6. The monoisotopic (exact) mass is 251 g/mol. The zero-order valence-corrected chi connectivity index (χ0v) is 11.0. The van der Waals surface area contributed by atoms with Gasteiger partial charge in [-0.25, -0.2) is 0 Å². The Morgan fingerprint density at radius 2 is 2.41 bits per heavy atom. The lowest BCUT2D eigenvalue weighted by atomic mass is 10.2. The first-order valence-electron chi connectivity index (χ1n) is 5.85. The van der Waals surface area contributed by atoms with E-state index in [4.69, 9.17) is 4.52 Å². The maximum absolute atomic E-state index is 5.07. The van der Waals surface area contributed by atoms with E-state index >= 15 is 0 Å². The van der Waals surface area contributed by atoms with Crippen molar-refractivity contribution < 1.29 is 4.52 Å². The molecule has 92 valence electrons. The second-order valence-electron chi connectivity index (χ2n) is 3.92. The molecule has 0 aliphatic heterocycles. The summed E-state index contributed by atoms with van der Waals surface area (Å²) in [4.78, 5) is 5.56. The van der Waals surface area contributed by atoms with Crippen LogP contribution in [-0.4, -0.2) is 16.7 Å². The molecule has 0 aliphatic carbocycles. The van der Waals surface area contributed by atoms with Crippen molar-refractivity contribution in [3.63, 3.8) is 0 Å². The van der Waals surface area contributed by atoms with Crippen LogP contribution in [0.3, 0.4) is 0 Å². The minimum absolute atomic E-state index is 0.430. The van der Waals surface area contributed by atoms with Crippen LogP contribution in [0.5, 0.6) is 0 Å². The van der Waals surface area contributed by atoms with Crippen LogP contribution in [0.2, 0.25) is 0 Å². The summed E-state index contributed by atoms with van der Waals surface area (Å²) in [6, 6.07) is 4.69. The minimum atomic E-state index is 0.430. The van der Waals surface area contributed by atoms with E-state index in [-0.39, 0.29) is 0 Å². The van der Waals surface area contributed by atoms with Crippen molar-refractivity contribution in [1.82, 2.24) is 15.5 Å². The summed E-state index contributed by atoms with van der Waals surface area (Å²) in [5.41, 5.74) is 0. The van der Waals surface area contributed by atoms with E-state index in [2.05, 4.69) is 39.9 Å². The second-order valence-corrected chi connectivity index (χ2v) is 4.89. The smallest absolute Gasteiger partial charge is 0.227 e. The highest BCUT2D eigenvalue weighted by Crippen LogP contribution is 2.21. The van der Waals surface area contributed by atoms with Gasteiger partial charge < -0.3 is 9.84 Å². The molecule has 4 nitrogen and oxygen atoms in total. The molecule has 0 fully saturated rings. The summed E-state index contributed by atoms with van der Waals surface area (Å²) in [7, 11) is 0. The van der Waals surface area contributed by atoms with Crippen LogP contribution in [0.1, 0.15) is 36.0 Å². The highest BCUT2D eigenvalue weighted by molar-refractivity contribution is 7.10. The van der Waals surface area contributed by atoms with Crippen LogP contribution in [0.15, 0.2) is 22.0 Å². The molecule has 5 heteroatoms. The molecule has 0 spiro atoms. The number of thiophene rings is 1. The van der Waals surface area contributed by atoms with Gasteiger partial charge in [-0.15, -0.1) is 11.3 Å². The first kappa shape index (κ1) is 12.3. The molecule has 0 aromatic carbocycles. The molecular weight excluding hydrogens is 234 g/mol. The quantitative estimate of drug-likeness (QED) is 0.857. The number of nitrogens with zero attached hydrogens (tertiary/aromatic N) is 2. The van der Waals surface area contributed by atoms with E-state index in [0.29, 0.717) is 17.8 Å². The van der Waals surface area contributed by atoms with Crippen molar-refractivity contribution in [2.75, 3.05) is 6.54 Å². The molecule has 0 amide bonds. The van der Waals surface area contributed by atoms with E-state index < -0.39 is 0 Å². The molecule has 0 saturated carbocycles. The lowest BCUT2D eigenvalue weighted by Crippen LogP contribution is -2.22. The van der Waals surface area contributed by atoms with Crippen molar-refractivity contribution in [2.45, 2.75) is 32.7 Å². The van der Waals surface area contributed by atoms with Crippen LogP contribution in [0.4, 0.5) is 0 Å². The Morgan fingerprint density at radius 1 is 1.53 bits per heavy atom. The Morgan fingerprint density at radius 3 is 3.00 bits per heavy atom. The van der Waals surface area contributed by atoms with Crippen LogP contribution < -0.4 is 5.32 Å². The van der Waals surface area contributed by atoms with E-state index in [0.717, 1.165) is 19.4 Å². The van der Waals surface area contributed by atoms with Gasteiger partial charge in [-0.2, -0.15) is 4.98 Å². The van der Waals surface area contributed by atoms with Crippen molar-refractivity contribution in [3.05, 3.63) is 34.1 Å². The summed E-state index contributed by atoms with van der Waals surface area (Å²) < 4.78 is 5.07. The molecule has 1 N–H and O–H groups in total. The SMILES string of the molecule is CCC(NCCc1nc(C)no1)c1cccs1. The molecule has 0 radical (unpaired) electrons. The summed E-state index contributed by atoms with van der Waals surface area (Å²) in [6.45, 7) is 4.88. The minimum Gasteiger partial charge on any atom is -0.339 e. The van der Waals surface area contributed by atoms with E-state index in [1.54, 1.807) is 11.3 Å². The molecule has 1 unspecified atom stereocenters. The molecule has 2 aromatic heterocycles. The van der Waals surface area contributed by atoms with Gasteiger partial charge in [0.15, 0.2) is 5.82 Å². The third kappa shape index (κ3) is 3.38. The number of aromatic nitrogens is 2. The van der Waals surface area contributed by atoms with Gasteiger partial charge in [-0.1, -0.05) is 18.1 Å². The summed E-state index contributed by atoms with van der Waals surface area (Å²) in [6.07, 6.45) is 1.87. The molecule has 2 aromatic rings. The standard InChI is InChI=1S/C12H17N3OS/c1-3-10(11-5-4-8-17-11)13-7-6-12-14-9(2)15-16-12/h4-5,8,10,13H,3,6-7H2,1-2H3. The van der Waals surface area contributed by atoms with Gasteiger partial charge in [-0.05, 0) is 24.8 Å². The predicted molar refractivity (Wildman–Crippen MR) is 68.1 cm³/mol. The maximum Gasteiger partial charge on any atom is 0.227 e. The average Bonchev–Trinajstić information content (AvgIpc) is 2.96. The van der Waals surface area contributed by atoms with Gasteiger partial charge in [0.2, 0.25) is 5.89 Å². The molecule has 2 heterocycles. The Balaban J connectivity index is 1.81. The number of aryl methyl sites for hydroxylation is 1. The fourth-order valence-corrected chi connectivity index (χ4v) is 2.62. The third-order valence-electron chi connectivity index (χ3n) is 2.59. The highest BCUT2D eigenvalue weighted by atomic mass is 32.1. The predicted octanol–water partition coefficient (Wildman–Crippen LogP) is 2.72.